The number of rotatable bonds is 7. The molecule has 1 aromatic heterocycles. The molecule has 1 amide bonds. The van der Waals surface area contributed by atoms with E-state index in [0.29, 0.717) is 23.8 Å². The van der Waals surface area contributed by atoms with Crippen LogP contribution < -0.4 is 0 Å². The minimum Gasteiger partial charge on any atom is -0.395 e. The van der Waals surface area contributed by atoms with Crippen molar-refractivity contribution < 1.29 is 9.90 Å². The molecule has 0 aliphatic rings. The predicted molar refractivity (Wildman–Crippen MR) is 73.3 cm³/mol. The van der Waals surface area contributed by atoms with Crippen LogP contribution >= 0.6 is 23.2 Å². The van der Waals surface area contributed by atoms with E-state index in [2.05, 4.69) is 11.9 Å². The molecule has 102 valence electrons. The van der Waals surface area contributed by atoms with E-state index in [4.69, 9.17) is 28.3 Å². The Balaban J connectivity index is 2.69. The van der Waals surface area contributed by atoms with E-state index in [0.717, 1.165) is 19.3 Å². The van der Waals surface area contributed by atoms with E-state index < -0.39 is 0 Å². The van der Waals surface area contributed by atoms with E-state index in [-0.39, 0.29) is 17.7 Å². The molecule has 1 rings (SSSR count). The van der Waals surface area contributed by atoms with Gasteiger partial charge in [-0.1, -0.05) is 43.0 Å². The number of aromatic nitrogens is 1. The molecule has 0 atom stereocenters. The Labute approximate surface area is 117 Å². The van der Waals surface area contributed by atoms with Crippen LogP contribution in [-0.2, 0) is 0 Å². The largest absolute Gasteiger partial charge is 0.395 e. The number of halogens is 2. The molecule has 0 unspecified atom stereocenters. The van der Waals surface area contributed by atoms with Crippen molar-refractivity contribution in [1.29, 1.82) is 0 Å². The summed E-state index contributed by atoms with van der Waals surface area (Å²) in [7, 11) is 0. The molecule has 0 aliphatic heterocycles. The average Bonchev–Trinajstić information content (AvgIpc) is 2.68. The minimum atomic E-state index is -0.186. The molecule has 18 heavy (non-hydrogen) atoms. The summed E-state index contributed by atoms with van der Waals surface area (Å²) >= 11 is 11.6. The molecule has 4 nitrogen and oxygen atoms in total. The van der Waals surface area contributed by atoms with Gasteiger partial charge in [0.05, 0.1) is 11.6 Å². The molecule has 0 bridgehead atoms. The molecule has 2 N–H and O–H groups in total. The van der Waals surface area contributed by atoms with E-state index in [1.807, 2.05) is 0 Å². The number of carbonyl (C=O) groups excluding carboxylic acids is 1. The second-order valence-electron chi connectivity index (χ2n) is 4.07. The molecular formula is C12H18Cl2N2O2. The van der Waals surface area contributed by atoms with Gasteiger partial charge in [-0.3, -0.25) is 4.79 Å². The Bertz CT molecular complexity index is 374. The topological polar surface area (TPSA) is 56.3 Å². The van der Waals surface area contributed by atoms with Gasteiger partial charge in [0.1, 0.15) is 10.8 Å². The summed E-state index contributed by atoms with van der Waals surface area (Å²) in [5.74, 6) is -0.186. The highest BCUT2D eigenvalue weighted by atomic mass is 35.5. The van der Waals surface area contributed by atoms with Gasteiger partial charge < -0.3 is 15.0 Å². The second-order valence-corrected chi connectivity index (χ2v) is 4.85. The molecule has 0 aromatic carbocycles. The van der Waals surface area contributed by atoms with Crippen LogP contribution in [0.25, 0.3) is 0 Å². The van der Waals surface area contributed by atoms with Crippen molar-refractivity contribution in [3.05, 3.63) is 21.9 Å². The number of H-pyrrole nitrogens is 1. The molecule has 0 radical (unpaired) electrons. The van der Waals surface area contributed by atoms with Gasteiger partial charge in [0, 0.05) is 13.1 Å². The Morgan fingerprint density at radius 3 is 2.61 bits per heavy atom. The Morgan fingerprint density at radius 2 is 2.11 bits per heavy atom. The maximum Gasteiger partial charge on any atom is 0.270 e. The molecule has 1 aromatic rings. The predicted octanol–water partition coefficient (Wildman–Crippen LogP) is 2.95. The lowest BCUT2D eigenvalue weighted by molar-refractivity contribution is 0.0713. The molecule has 0 saturated carbocycles. The summed E-state index contributed by atoms with van der Waals surface area (Å²) in [6.45, 7) is 2.99. The Hall–Kier alpha value is -0.710. The highest BCUT2D eigenvalue weighted by Crippen LogP contribution is 2.22. The van der Waals surface area contributed by atoms with Crippen LogP contribution in [0.2, 0.25) is 10.2 Å². The van der Waals surface area contributed by atoms with E-state index in [1.165, 1.54) is 6.07 Å². The fraction of sp³-hybridized carbons (Fsp3) is 0.583. The van der Waals surface area contributed by atoms with Crippen molar-refractivity contribution in [2.24, 2.45) is 0 Å². The van der Waals surface area contributed by atoms with E-state index in [9.17, 15) is 4.79 Å². The zero-order valence-electron chi connectivity index (χ0n) is 10.4. The monoisotopic (exact) mass is 292 g/mol. The van der Waals surface area contributed by atoms with Crippen molar-refractivity contribution >= 4 is 29.1 Å². The normalized spacial score (nSPS) is 10.7. The first-order chi connectivity index (χ1) is 8.60. The van der Waals surface area contributed by atoms with Gasteiger partial charge >= 0.3 is 0 Å². The van der Waals surface area contributed by atoms with Crippen LogP contribution in [-0.4, -0.2) is 40.6 Å². The number of aromatic amines is 1. The second kappa shape index (κ2) is 7.67. The highest BCUT2D eigenvalue weighted by molar-refractivity contribution is 6.41. The van der Waals surface area contributed by atoms with Gasteiger partial charge in [0.25, 0.3) is 5.91 Å². The van der Waals surface area contributed by atoms with Crippen molar-refractivity contribution in [2.45, 2.75) is 26.2 Å². The lowest BCUT2D eigenvalue weighted by atomic mass is 10.2. The number of aliphatic hydroxyl groups is 1. The van der Waals surface area contributed by atoms with Crippen molar-refractivity contribution in [3.63, 3.8) is 0 Å². The van der Waals surface area contributed by atoms with Crippen LogP contribution in [0, 0.1) is 0 Å². The first-order valence-corrected chi connectivity index (χ1v) is 6.79. The van der Waals surface area contributed by atoms with Crippen molar-refractivity contribution in [1.82, 2.24) is 9.88 Å². The third-order valence-electron chi connectivity index (χ3n) is 2.64. The van der Waals surface area contributed by atoms with Crippen LogP contribution in [0.3, 0.4) is 0 Å². The summed E-state index contributed by atoms with van der Waals surface area (Å²) in [6.07, 6.45) is 3.06. The average molecular weight is 293 g/mol. The standard InChI is InChI=1S/C12H18Cl2N2O2/c1-2-3-4-5-16(6-7-17)12(18)10-8-9(13)11(14)15-10/h8,15,17H,2-7H2,1H3. The molecule has 0 spiro atoms. The van der Waals surface area contributed by atoms with Crippen molar-refractivity contribution in [3.8, 4) is 0 Å². The van der Waals surface area contributed by atoms with E-state index in [1.54, 1.807) is 4.90 Å². The van der Waals surface area contributed by atoms with E-state index >= 15 is 0 Å². The van der Waals surface area contributed by atoms with Gasteiger partial charge in [0.15, 0.2) is 0 Å². The summed E-state index contributed by atoms with van der Waals surface area (Å²) in [6, 6.07) is 1.51. The first-order valence-electron chi connectivity index (χ1n) is 6.04. The Morgan fingerprint density at radius 1 is 1.39 bits per heavy atom. The summed E-state index contributed by atoms with van der Waals surface area (Å²) < 4.78 is 0. The number of hydrogen-bond acceptors (Lipinski definition) is 2. The van der Waals surface area contributed by atoms with Crippen LogP contribution in [0.4, 0.5) is 0 Å². The lowest BCUT2D eigenvalue weighted by Gasteiger charge is -2.20. The fourth-order valence-electron chi connectivity index (χ4n) is 1.68. The quantitative estimate of drug-likeness (QED) is 0.759. The lowest BCUT2D eigenvalue weighted by Crippen LogP contribution is -2.34. The maximum atomic E-state index is 12.2. The SMILES string of the molecule is CCCCCN(CCO)C(=O)c1cc(Cl)c(Cl)[nH]1. The molecule has 0 fully saturated rings. The number of carbonyl (C=O) groups is 1. The number of unbranched alkanes of at least 4 members (excludes halogenated alkanes) is 2. The van der Waals surface area contributed by atoms with Crippen LogP contribution in [0.15, 0.2) is 6.07 Å². The van der Waals surface area contributed by atoms with Gasteiger partial charge in [-0.2, -0.15) is 0 Å². The summed E-state index contributed by atoms with van der Waals surface area (Å²) in [4.78, 5) is 16.5. The number of nitrogens with zero attached hydrogens (tertiary/aromatic N) is 1. The minimum absolute atomic E-state index is 0.0555. The third-order valence-corrected chi connectivity index (χ3v) is 3.34. The number of hydrogen-bond donors (Lipinski definition) is 2. The molecule has 6 heteroatoms. The smallest absolute Gasteiger partial charge is 0.270 e. The molecule has 0 saturated heterocycles. The van der Waals surface area contributed by atoms with Gasteiger partial charge in [-0.25, -0.2) is 0 Å². The first kappa shape index (κ1) is 15.3. The summed E-state index contributed by atoms with van der Waals surface area (Å²) in [5, 5.41) is 9.59. The van der Waals surface area contributed by atoms with Crippen LogP contribution in [0.1, 0.15) is 36.7 Å². The van der Waals surface area contributed by atoms with Gasteiger partial charge in [0.2, 0.25) is 0 Å². The summed E-state index contributed by atoms with van der Waals surface area (Å²) in [5.41, 5.74) is 0.356. The zero-order valence-corrected chi connectivity index (χ0v) is 11.9. The highest BCUT2D eigenvalue weighted by Gasteiger charge is 2.18. The Kier molecular flexibility index (Phi) is 6.54. The van der Waals surface area contributed by atoms with Crippen LogP contribution in [0.5, 0.6) is 0 Å². The molecule has 1 heterocycles. The zero-order chi connectivity index (χ0) is 13.5. The number of aliphatic hydroxyl groups excluding tert-OH is 1. The molecule has 0 aliphatic carbocycles. The van der Waals surface area contributed by atoms with Gasteiger partial charge in [-0.05, 0) is 12.5 Å². The fourth-order valence-corrected chi connectivity index (χ4v) is 1.99. The van der Waals surface area contributed by atoms with Gasteiger partial charge in [-0.15, -0.1) is 0 Å². The third kappa shape index (κ3) is 4.19. The number of nitrogens with one attached hydrogen (secondary N) is 1. The molecular weight excluding hydrogens is 275 g/mol. The van der Waals surface area contributed by atoms with Crippen molar-refractivity contribution in [2.75, 3.05) is 19.7 Å². The maximum absolute atomic E-state index is 12.2. The number of amides is 1.